The van der Waals surface area contributed by atoms with Gasteiger partial charge in [0.1, 0.15) is 0 Å². The van der Waals surface area contributed by atoms with E-state index in [1.165, 1.54) is 29.9 Å². The maximum atomic E-state index is 13.1. The normalized spacial score (nSPS) is 15.0. The summed E-state index contributed by atoms with van der Waals surface area (Å²) >= 11 is 0. The molecule has 0 radical (unpaired) electrons. The van der Waals surface area contributed by atoms with E-state index in [2.05, 4.69) is 4.90 Å². The minimum atomic E-state index is -3.86. The molecular formula is C20H25N3O4S. The standard InChI is InChI=1S/C20H25N3O4S/c1-16-10-11-18(23(24)25)14-20(16)28(26,27)21(2)15-17-8-4-5-9-19(17)22-12-6-3-7-13-22/h4-5,8-11,14H,3,6-7,12-13,15H2,1-2H3. The first-order valence-electron chi connectivity index (χ1n) is 9.35. The third-order valence-corrected chi connectivity index (χ3v) is 7.10. The number of anilines is 1. The van der Waals surface area contributed by atoms with Crippen molar-refractivity contribution >= 4 is 21.4 Å². The van der Waals surface area contributed by atoms with E-state index in [0.29, 0.717) is 5.56 Å². The average molecular weight is 404 g/mol. The van der Waals surface area contributed by atoms with Crippen molar-refractivity contribution < 1.29 is 13.3 Å². The van der Waals surface area contributed by atoms with Crippen molar-refractivity contribution in [1.82, 2.24) is 4.31 Å². The van der Waals surface area contributed by atoms with Crippen molar-refractivity contribution in [2.75, 3.05) is 25.0 Å². The number of nitrogens with zero attached hydrogens (tertiary/aromatic N) is 3. The average Bonchev–Trinajstić information content (AvgIpc) is 2.69. The molecule has 0 spiro atoms. The fraction of sp³-hybridized carbons (Fsp3) is 0.400. The summed E-state index contributed by atoms with van der Waals surface area (Å²) in [5.74, 6) is 0. The van der Waals surface area contributed by atoms with E-state index in [1.54, 1.807) is 6.92 Å². The smallest absolute Gasteiger partial charge is 0.270 e. The van der Waals surface area contributed by atoms with Gasteiger partial charge in [-0.3, -0.25) is 10.1 Å². The van der Waals surface area contributed by atoms with Crippen LogP contribution in [0.3, 0.4) is 0 Å². The first-order chi connectivity index (χ1) is 13.3. The van der Waals surface area contributed by atoms with Crippen LogP contribution < -0.4 is 4.90 Å². The van der Waals surface area contributed by atoms with E-state index in [0.717, 1.165) is 43.2 Å². The molecular weight excluding hydrogens is 378 g/mol. The van der Waals surface area contributed by atoms with Crippen LogP contribution in [-0.4, -0.2) is 37.8 Å². The molecule has 1 aliphatic heterocycles. The van der Waals surface area contributed by atoms with Crippen LogP contribution >= 0.6 is 0 Å². The highest BCUT2D eigenvalue weighted by atomic mass is 32.2. The number of para-hydroxylation sites is 1. The number of rotatable bonds is 6. The summed E-state index contributed by atoms with van der Waals surface area (Å²) in [4.78, 5) is 12.8. The van der Waals surface area contributed by atoms with Crippen LogP contribution in [0.15, 0.2) is 47.4 Å². The molecule has 0 N–H and O–H groups in total. The number of piperidine rings is 1. The number of hydrogen-bond acceptors (Lipinski definition) is 5. The van der Waals surface area contributed by atoms with Gasteiger partial charge in [0, 0.05) is 44.5 Å². The summed E-state index contributed by atoms with van der Waals surface area (Å²) < 4.78 is 27.5. The van der Waals surface area contributed by atoms with Gasteiger partial charge in [0.2, 0.25) is 10.0 Å². The molecule has 3 rings (SSSR count). The zero-order valence-electron chi connectivity index (χ0n) is 16.2. The van der Waals surface area contributed by atoms with Crippen LogP contribution in [0.4, 0.5) is 11.4 Å². The van der Waals surface area contributed by atoms with Crippen molar-refractivity contribution in [2.24, 2.45) is 0 Å². The molecule has 1 heterocycles. The third kappa shape index (κ3) is 4.18. The molecule has 0 bridgehead atoms. The summed E-state index contributed by atoms with van der Waals surface area (Å²) in [5, 5.41) is 11.1. The SMILES string of the molecule is Cc1ccc([N+](=O)[O-])cc1S(=O)(=O)N(C)Cc1ccccc1N1CCCCC1. The van der Waals surface area contributed by atoms with Gasteiger partial charge in [0.05, 0.1) is 9.82 Å². The minimum absolute atomic E-state index is 0.0281. The zero-order valence-corrected chi connectivity index (χ0v) is 17.0. The van der Waals surface area contributed by atoms with Crippen molar-refractivity contribution in [3.05, 3.63) is 63.7 Å². The predicted molar refractivity (Wildman–Crippen MR) is 109 cm³/mol. The van der Waals surface area contributed by atoms with Crippen molar-refractivity contribution in [1.29, 1.82) is 0 Å². The van der Waals surface area contributed by atoms with Crippen molar-refractivity contribution in [3.63, 3.8) is 0 Å². The van der Waals surface area contributed by atoms with Crippen molar-refractivity contribution in [2.45, 2.75) is 37.6 Å². The second-order valence-corrected chi connectivity index (χ2v) is 9.16. The van der Waals surface area contributed by atoms with E-state index >= 15 is 0 Å². The number of hydrogen-bond donors (Lipinski definition) is 0. The lowest BCUT2D eigenvalue weighted by Gasteiger charge is -2.31. The number of aryl methyl sites for hydroxylation is 1. The Morgan fingerprint density at radius 3 is 2.46 bits per heavy atom. The molecule has 8 heteroatoms. The molecule has 0 amide bonds. The molecule has 1 aliphatic rings. The fourth-order valence-corrected chi connectivity index (χ4v) is 4.95. The summed E-state index contributed by atoms with van der Waals surface area (Å²) in [6.07, 6.45) is 3.49. The molecule has 150 valence electrons. The van der Waals surface area contributed by atoms with E-state index in [1.807, 2.05) is 24.3 Å². The van der Waals surface area contributed by atoms with E-state index in [9.17, 15) is 18.5 Å². The van der Waals surface area contributed by atoms with E-state index in [4.69, 9.17) is 0 Å². The summed E-state index contributed by atoms with van der Waals surface area (Å²) in [6, 6.07) is 11.8. The second-order valence-electron chi connectivity index (χ2n) is 7.14. The number of nitro groups is 1. The van der Waals surface area contributed by atoms with Gasteiger partial charge in [-0.25, -0.2) is 8.42 Å². The highest BCUT2D eigenvalue weighted by molar-refractivity contribution is 7.89. The van der Waals surface area contributed by atoms with Crippen LogP contribution in [0, 0.1) is 17.0 Å². The molecule has 1 fully saturated rings. The molecule has 2 aromatic carbocycles. The fourth-order valence-electron chi connectivity index (χ4n) is 3.56. The topological polar surface area (TPSA) is 83.8 Å². The Morgan fingerprint density at radius 2 is 1.79 bits per heavy atom. The lowest BCUT2D eigenvalue weighted by atomic mass is 10.1. The number of nitro benzene ring substituents is 1. The van der Waals surface area contributed by atoms with Crippen LogP contribution in [-0.2, 0) is 16.6 Å². The van der Waals surface area contributed by atoms with Crippen LogP contribution in [0.2, 0.25) is 0 Å². The highest BCUT2D eigenvalue weighted by Gasteiger charge is 2.26. The molecule has 7 nitrogen and oxygen atoms in total. The predicted octanol–water partition coefficient (Wildman–Crippen LogP) is 3.71. The van der Waals surface area contributed by atoms with E-state index < -0.39 is 14.9 Å². The Labute approximate surface area is 165 Å². The number of benzene rings is 2. The van der Waals surface area contributed by atoms with Gasteiger partial charge in [0.15, 0.2) is 0 Å². The summed E-state index contributed by atoms with van der Waals surface area (Å²) in [6.45, 7) is 3.79. The van der Waals surface area contributed by atoms with Gasteiger partial charge in [-0.2, -0.15) is 4.31 Å². The lowest BCUT2D eigenvalue weighted by molar-refractivity contribution is -0.385. The Bertz CT molecular complexity index is 969. The number of non-ortho nitro benzene ring substituents is 1. The quantitative estimate of drug-likeness (QED) is 0.542. The molecule has 1 saturated heterocycles. The highest BCUT2D eigenvalue weighted by Crippen LogP contribution is 2.28. The van der Waals surface area contributed by atoms with Gasteiger partial charge in [-0.05, 0) is 43.4 Å². The Hall–Kier alpha value is -2.45. The Balaban J connectivity index is 1.90. The van der Waals surface area contributed by atoms with Gasteiger partial charge < -0.3 is 4.90 Å². The Kier molecular flexibility index (Phi) is 6.00. The molecule has 0 aliphatic carbocycles. The maximum Gasteiger partial charge on any atom is 0.270 e. The molecule has 0 saturated carbocycles. The molecule has 0 aromatic heterocycles. The van der Waals surface area contributed by atoms with Crippen LogP contribution in [0.5, 0.6) is 0 Å². The van der Waals surface area contributed by atoms with Gasteiger partial charge >= 0.3 is 0 Å². The van der Waals surface area contributed by atoms with Crippen LogP contribution in [0.25, 0.3) is 0 Å². The summed E-state index contributed by atoms with van der Waals surface area (Å²) in [5.41, 5.74) is 2.24. The maximum absolute atomic E-state index is 13.1. The second kappa shape index (κ2) is 8.28. The third-order valence-electron chi connectivity index (χ3n) is 5.15. The first-order valence-corrected chi connectivity index (χ1v) is 10.8. The van der Waals surface area contributed by atoms with Gasteiger partial charge in [-0.1, -0.05) is 24.3 Å². The summed E-state index contributed by atoms with van der Waals surface area (Å²) in [7, 11) is -2.35. The van der Waals surface area contributed by atoms with Gasteiger partial charge in [-0.15, -0.1) is 0 Å². The molecule has 0 atom stereocenters. The molecule has 2 aromatic rings. The molecule has 0 unspecified atom stereocenters. The molecule has 28 heavy (non-hydrogen) atoms. The first kappa shape index (κ1) is 20.3. The van der Waals surface area contributed by atoms with Crippen molar-refractivity contribution in [3.8, 4) is 0 Å². The number of sulfonamides is 1. The van der Waals surface area contributed by atoms with E-state index in [-0.39, 0.29) is 17.1 Å². The monoisotopic (exact) mass is 403 g/mol. The Morgan fingerprint density at radius 1 is 1.11 bits per heavy atom. The van der Waals surface area contributed by atoms with Crippen LogP contribution in [0.1, 0.15) is 30.4 Å². The van der Waals surface area contributed by atoms with Gasteiger partial charge in [0.25, 0.3) is 5.69 Å². The largest absolute Gasteiger partial charge is 0.371 e. The zero-order chi connectivity index (χ0) is 20.3. The minimum Gasteiger partial charge on any atom is -0.371 e. The lowest BCUT2D eigenvalue weighted by Crippen LogP contribution is -2.32.